The first kappa shape index (κ1) is 10.9. The second-order valence-electron chi connectivity index (χ2n) is 4.07. The van der Waals surface area contributed by atoms with Gasteiger partial charge in [0.25, 0.3) is 0 Å². The van der Waals surface area contributed by atoms with E-state index in [9.17, 15) is 0 Å². The van der Waals surface area contributed by atoms with Gasteiger partial charge in [-0.05, 0) is 17.7 Å². The number of rotatable bonds is 5. The molecule has 3 N–H and O–H groups in total. The van der Waals surface area contributed by atoms with Crippen molar-refractivity contribution in [3.05, 3.63) is 42.2 Å². The summed E-state index contributed by atoms with van der Waals surface area (Å²) >= 11 is 0. The van der Waals surface area contributed by atoms with Gasteiger partial charge in [-0.2, -0.15) is 5.10 Å². The van der Waals surface area contributed by atoms with Crippen molar-refractivity contribution in [3.63, 3.8) is 0 Å². The number of fused-ring (bicyclic) bond motifs is 1. The molecule has 18 heavy (non-hydrogen) atoms. The number of nitrogens with zero attached hydrogens (tertiary/aromatic N) is 3. The summed E-state index contributed by atoms with van der Waals surface area (Å²) in [6.45, 7) is 1.68. The van der Waals surface area contributed by atoms with Crippen LogP contribution in [0.2, 0.25) is 0 Å². The van der Waals surface area contributed by atoms with E-state index in [2.05, 4.69) is 36.5 Å². The summed E-state index contributed by atoms with van der Waals surface area (Å²) < 4.78 is 0. The minimum absolute atomic E-state index is 0.819. The van der Waals surface area contributed by atoms with Gasteiger partial charge in [-0.1, -0.05) is 0 Å². The average molecular weight is 242 g/mol. The average Bonchev–Trinajstić information content (AvgIpc) is 3.04. The third-order valence-electron chi connectivity index (χ3n) is 2.86. The van der Waals surface area contributed by atoms with Crippen molar-refractivity contribution < 1.29 is 0 Å². The summed E-state index contributed by atoms with van der Waals surface area (Å²) in [5.74, 6) is 0.906. The molecule has 0 aliphatic rings. The Morgan fingerprint density at radius 2 is 2.28 bits per heavy atom. The number of pyridine rings is 1. The van der Waals surface area contributed by atoms with Crippen LogP contribution < -0.4 is 5.32 Å². The zero-order valence-corrected chi connectivity index (χ0v) is 9.85. The number of hydrogen-bond donors (Lipinski definition) is 3. The minimum Gasteiger partial charge on any atom is -0.346 e. The van der Waals surface area contributed by atoms with Gasteiger partial charge in [0.05, 0.1) is 0 Å². The molecule has 0 unspecified atom stereocenters. The van der Waals surface area contributed by atoms with Crippen LogP contribution in [0.1, 0.15) is 11.4 Å². The summed E-state index contributed by atoms with van der Waals surface area (Å²) in [4.78, 5) is 11.5. The van der Waals surface area contributed by atoms with Crippen molar-refractivity contribution in [2.75, 3.05) is 6.54 Å². The molecule has 0 amide bonds. The first-order chi connectivity index (χ1) is 8.93. The highest BCUT2D eigenvalue weighted by atomic mass is 15.2. The number of H-pyrrole nitrogens is 2. The molecule has 3 aromatic rings. The van der Waals surface area contributed by atoms with Gasteiger partial charge in [-0.15, -0.1) is 0 Å². The van der Waals surface area contributed by atoms with Gasteiger partial charge in [0.2, 0.25) is 0 Å². The van der Waals surface area contributed by atoms with Gasteiger partial charge in [0.15, 0.2) is 0 Å². The van der Waals surface area contributed by atoms with Crippen molar-refractivity contribution in [3.8, 4) is 0 Å². The molecule has 0 radical (unpaired) electrons. The highest BCUT2D eigenvalue weighted by Gasteiger charge is 2.03. The first-order valence-electron chi connectivity index (χ1n) is 5.89. The molecular formula is C12H14N6. The Bertz CT molecular complexity index is 612. The topological polar surface area (TPSA) is 82.3 Å². The summed E-state index contributed by atoms with van der Waals surface area (Å²) in [6.07, 6.45) is 6.17. The van der Waals surface area contributed by atoms with Crippen LogP contribution in [0.15, 0.2) is 30.9 Å². The van der Waals surface area contributed by atoms with Gasteiger partial charge >= 0.3 is 0 Å². The molecule has 92 valence electrons. The quantitative estimate of drug-likeness (QED) is 0.583. The summed E-state index contributed by atoms with van der Waals surface area (Å²) in [5.41, 5.74) is 2.17. The maximum atomic E-state index is 4.26. The predicted molar refractivity (Wildman–Crippen MR) is 67.9 cm³/mol. The van der Waals surface area contributed by atoms with E-state index in [0.29, 0.717) is 0 Å². The molecule has 0 saturated carbocycles. The molecule has 0 aromatic carbocycles. The van der Waals surface area contributed by atoms with Crippen LogP contribution in [0.4, 0.5) is 0 Å². The van der Waals surface area contributed by atoms with Gasteiger partial charge in [0, 0.05) is 37.3 Å². The molecule has 3 rings (SSSR count). The van der Waals surface area contributed by atoms with Crippen molar-refractivity contribution in [2.45, 2.75) is 13.0 Å². The molecule has 0 aliphatic heterocycles. The van der Waals surface area contributed by atoms with Crippen LogP contribution in [0.5, 0.6) is 0 Å². The molecule has 3 heterocycles. The highest BCUT2D eigenvalue weighted by molar-refractivity contribution is 5.79. The largest absolute Gasteiger partial charge is 0.346 e. The smallest absolute Gasteiger partial charge is 0.137 e. The zero-order chi connectivity index (χ0) is 12.2. The van der Waals surface area contributed by atoms with Crippen LogP contribution in [0, 0.1) is 0 Å². The molecule has 0 atom stereocenters. The third-order valence-corrected chi connectivity index (χ3v) is 2.86. The van der Waals surface area contributed by atoms with E-state index in [-0.39, 0.29) is 0 Å². The molecule has 6 heteroatoms. The number of hydrogen-bond acceptors (Lipinski definition) is 4. The lowest BCUT2D eigenvalue weighted by atomic mass is 10.2. The van der Waals surface area contributed by atoms with Gasteiger partial charge in [-0.3, -0.25) is 5.10 Å². The number of nitrogens with one attached hydrogen (secondary N) is 3. The van der Waals surface area contributed by atoms with Crippen LogP contribution in [-0.4, -0.2) is 31.7 Å². The minimum atomic E-state index is 0.819. The molecule has 0 fully saturated rings. The Labute approximate surface area is 104 Å². The van der Waals surface area contributed by atoms with E-state index in [0.717, 1.165) is 31.0 Å². The monoisotopic (exact) mass is 242 g/mol. The van der Waals surface area contributed by atoms with E-state index in [1.54, 1.807) is 6.20 Å². The van der Waals surface area contributed by atoms with Crippen molar-refractivity contribution in [1.29, 1.82) is 0 Å². The molecular weight excluding hydrogens is 228 g/mol. The van der Waals surface area contributed by atoms with Crippen LogP contribution in [-0.2, 0) is 13.0 Å². The second-order valence-corrected chi connectivity index (χ2v) is 4.07. The SMILES string of the molecule is c1cnc2[nH]cc(CNCCc3ncn[nH]3)c2c1. The van der Waals surface area contributed by atoms with Crippen LogP contribution in [0.25, 0.3) is 11.0 Å². The maximum absolute atomic E-state index is 4.26. The van der Waals surface area contributed by atoms with Crippen molar-refractivity contribution in [1.82, 2.24) is 30.5 Å². The standard InChI is InChI=1S/C12H14N6/c1-2-10-9(7-15-12(10)14-4-1)6-13-5-3-11-16-8-17-18-11/h1-2,4,7-8,13H,3,5-6H2,(H,14,15)(H,16,17,18). The van der Waals surface area contributed by atoms with Crippen LogP contribution >= 0.6 is 0 Å². The van der Waals surface area contributed by atoms with Crippen molar-refractivity contribution >= 4 is 11.0 Å². The third kappa shape index (κ3) is 2.23. The predicted octanol–water partition coefficient (Wildman–Crippen LogP) is 1.01. The lowest BCUT2D eigenvalue weighted by Gasteiger charge is -2.02. The number of aromatic amines is 2. The Kier molecular flexibility index (Phi) is 3.01. The summed E-state index contributed by atoms with van der Waals surface area (Å²) in [7, 11) is 0. The normalized spacial score (nSPS) is 11.1. The summed E-state index contributed by atoms with van der Waals surface area (Å²) in [6, 6.07) is 4.03. The van der Waals surface area contributed by atoms with E-state index < -0.39 is 0 Å². The van der Waals surface area contributed by atoms with E-state index >= 15 is 0 Å². The fourth-order valence-electron chi connectivity index (χ4n) is 1.94. The molecule has 0 spiro atoms. The molecule has 0 aliphatic carbocycles. The fraction of sp³-hybridized carbons (Fsp3) is 0.250. The van der Waals surface area contributed by atoms with Gasteiger partial charge in [0.1, 0.15) is 17.8 Å². The van der Waals surface area contributed by atoms with E-state index in [4.69, 9.17) is 0 Å². The number of aromatic nitrogens is 5. The highest BCUT2D eigenvalue weighted by Crippen LogP contribution is 2.14. The fourth-order valence-corrected chi connectivity index (χ4v) is 1.94. The van der Waals surface area contributed by atoms with Crippen molar-refractivity contribution in [2.24, 2.45) is 0 Å². The lowest BCUT2D eigenvalue weighted by molar-refractivity contribution is 0.674. The molecule has 0 saturated heterocycles. The second kappa shape index (κ2) is 4.97. The maximum Gasteiger partial charge on any atom is 0.137 e. The lowest BCUT2D eigenvalue weighted by Crippen LogP contribution is -2.17. The molecule has 3 aromatic heterocycles. The Balaban J connectivity index is 1.57. The zero-order valence-electron chi connectivity index (χ0n) is 9.85. The Hall–Kier alpha value is -2.21. The molecule has 6 nitrogen and oxygen atoms in total. The summed E-state index contributed by atoms with van der Waals surface area (Å²) in [5, 5.41) is 11.2. The Morgan fingerprint density at radius 1 is 1.28 bits per heavy atom. The molecule has 0 bridgehead atoms. The van der Waals surface area contributed by atoms with E-state index in [1.165, 1.54) is 17.3 Å². The first-order valence-corrected chi connectivity index (χ1v) is 5.89. The van der Waals surface area contributed by atoms with Gasteiger partial charge < -0.3 is 10.3 Å². The Morgan fingerprint density at radius 3 is 3.17 bits per heavy atom. The van der Waals surface area contributed by atoms with E-state index in [1.807, 2.05) is 12.3 Å². The van der Waals surface area contributed by atoms with Crippen LogP contribution in [0.3, 0.4) is 0 Å². The van der Waals surface area contributed by atoms with Gasteiger partial charge in [-0.25, -0.2) is 9.97 Å².